The number of hydrogen-bond acceptors (Lipinski definition) is 3. The van der Waals surface area contributed by atoms with Crippen molar-refractivity contribution in [2.45, 2.75) is 25.4 Å². The van der Waals surface area contributed by atoms with E-state index in [0.29, 0.717) is 0 Å². The number of hydrogen-bond donors (Lipinski definition) is 2. The van der Waals surface area contributed by atoms with E-state index in [0.717, 1.165) is 10.8 Å². The fourth-order valence-corrected chi connectivity index (χ4v) is 3.14. The number of nitrogens with one attached hydrogen (secondary N) is 1. The largest absolute Gasteiger partial charge is 0.395 e. The van der Waals surface area contributed by atoms with Gasteiger partial charge in [-0.25, -0.2) is 0 Å². The molecule has 0 spiro atoms. The van der Waals surface area contributed by atoms with Crippen molar-refractivity contribution in [2.75, 3.05) is 6.61 Å². The van der Waals surface area contributed by atoms with Crippen LogP contribution in [0.3, 0.4) is 0 Å². The number of benzene rings is 1. The Balaban J connectivity index is 1.95. The summed E-state index contributed by atoms with van der Waals surface area (Å²) in [4.78, 5) is 1.19. The van der Waals surface area contributed by atoms with Crippen LogP contribution >= 0.6 is 22.9 Å². The standard InChI is InChI=1S/C15H18ClNOS/c1-11(14-7-8-15(16)19-14)17-13(10-18)9-12-5-3-2-4-6-12/h2-8,11,13,17-18H,9-10H2,1H3/t11?,13-/m0/s1. The first-order chi connectivity index (χ1) is 9.19. The second-order valence-corrected chi connectivity index (χ2v) is 6.35. The summed E-state index contributed by atoms with van der Waals surface area (Å²) in [6.07, 6.45) is 0.820. The third-order valence-corrected chi connectivity index (χ3v) is 4.47. The summed E-state index contributed by atoms with van der Waals surface area (Å²) in [7, 11) is 0. The fraction of sp³-hybridized carbons (Fsp3) is 0.333. The van der Waals surface area contributed by atoms with E-state index in [9.17, 15) is 5.11 Å². The van der Waals surface area contributed by atoms with Gasteiger partial charge in [0.1, 0.15) is 0 Å². The molecule has 2 rings (SSSR count). The Morgan fingerprint density at radius 2 is 1.95 bits per heavy atom. The summed E-state index contributed by atoms with van der Waals surface area (Å²) in [6.45, 7) is 2.22. The van der Waals surface area contributed by atoms with Crippen LogP contribution < -0.4 is 5.32 Å². The molecule has 0 saturated heterocycles. The van der Waals surface area contributed by atoms with Crippen molar-refractivity contribution in [3.63, 3.8) is 0 Å². The second kappa shape index (κ2) is 7.06. The van der Waals surface area contributed by atoms with Gasteiger partial charge in [-0.2, -0.15) is 0 Å². The average molecular weight is 296 g/mol. The molecule has 0 saturated carbocycles. The molecular formula is C15H18ClNOS. The van der Waals surface area contributed by atoms with Crippen LogP contribution in [0.1, 0.15) is 23.4 Å². The normalized spacial score (nSPS) is 14.3. The number of thiophene rings is 1. The minimum absolute atomic E-state index is 0.0540. The van der Waals surface area contributed by atoms with E-state index < -0.39 is 0 Å². The van der Waals surface area contributed by atoms with Crippen molar-refractivity contribution < 1.29 is 5.11 Å². The molecule has 0 radical (unpaired) electrons. The lowest BCUT2D eigenvalue weighted by atomic mass is 10.1. The first kappa shape index (κ1) is 14.5. The van der Waals surface area contributed by atoms with Gasteiger partial charge in [-0.3, -0.25) is 0 Å². The van der Waals surface area contributed by atoms with E-state index in [4.69, 9.17) is 11.6 Å². The topological polar surface area (TPSA) is 32.3 Å². The molecule has 0 aliphatic heterocycles. The summed E-state index contributed by atoms with van der Waals surface area (Å²) < 4.78 is 0.798. The quantitative estimate of drug-likeness (QED) is 0.852. The smallest absolute Gasteiger partial charge is 0.0931 e. The Morgan fingerprint density at radius 1 is 1.21 bits per heavy atom. The van der Waals surface area contributed by atoms with Crippen LogP contribution in [0.2, 0.25) is 4.34 Å². The molecule has 2 atom stereocenters. The van der Waals surface area contributed by atoms with Crippen molar-refractivity contribution in [3.8, 4) is 0 Å². The van der Waals surface area contributed by atoms with Crippen LogP contribution in [0.4, 0.5) is 0 Å². The molecular weight excluding hydrogens is 278 g/mol. The summed E-state index contributed by atoms with van der Waals surface area (Å²) in [5.74, 6) is 0. The lowest BCUT2D eigenvalue weighted by Crippen LogP contribution is -2.36. The number of aliphatic hydroxyl groups excluding tert-OH is 1. The highest BCUT2D eigenvalue weighted by atomic mass is 35.5. The van der Waals surface area contributed by atoms with E-state index in [2.05, 4.69) is 24.4 Å². The van der Waals surface area contributed by atoms with E-state index in [1.807, 2.05) is 30.3 Å². The Bertz CT molecular complexity index is 500. The third kappa shape index (κ3) is 4.32. The zero-order chi connectivity index (χ0) is 13.7. The molecule has 2 nitrogen and oxygen atoms in total. The van der Waals surface area contributed by atoms with E-state index >= 15 is 0 Å². The summed E-state index contributed by atoms with van der Waals surface area (Å²) in [5.41, 5.74) is 1.23. The second-order valence-electron chi connectivity index (χ2n) is 4.60. The molecule has 2 N–H and O–H groups in total. The molecule has 0 amide bonds. The summed E-state index contributed by atoms with van der Waals surface area (Å²) in [5, 5.41) is 12.9. The van der Waals surface area contributed by atoms with Gasteiger partial charge < -0.3 is 10.4 Å². The number of halogens is 1. The molecule has 4 heteroatoms. The fourth-order valence-electron chi connectivity index (χ4n) is 2.07. The molecule has 0 aliphatic rings. The van der Waals surface area contributed by atoms with Gasteiger partial charge in [0, 0.05) is 17.0 Å². The van der Waals surface area contributed by atoms with E-state index in [1.54, 1.807) is 11.3 Å². The van der Waals surface area contributed by atoms with Crippen LogP contribution in [-0.2, 0) is 6.42 Å². The monoisotopic (exact) mass is 295 g/mol. The van der Waals surface area contributed by atoms with Gasteiger partial charge in [0.15, 0.2) is 0 Å². The van der Waals surface area contributed by atoms with Crippen LogP contribution in [0.25, 0.3) is 0 Å². The Labute approximate surface area is 123 Å². The lowest BCUT2D eigenvalue weighted by Gasteiger charge is -2.21. The molecule has 1 unspecified atom stereocenters. The molecule has 0 aliphatic carbocycles. The van der Waals surface area contributed by atoms with E-state index in [-0.39, 0.29) is 18.7 Å². The van der Waals surface area contributed by atoms with Gasteiger partial charge in [0.25, 0.3) is 0 Å². The maximum atomic E-state index is 9.50. The first-order valence-electron chi connectivity index (χ1n) is 6.35. The molecule has 19 heavy (non-hydrogen) atoms. The number of aliphatic hydroxyl groups is 1. The van der Waals surface area contributed by atoms with Gasteiger partial charge in [-0.05, 0) is 31.0 Å². The molecule has 2 aromatic rings. The zero-order valence-corrected chi connectivity index (χ0v) is 12.4. The van der Waals surface area contributed by atoms with Crippen LogP contribution in [0.15, 0.2) is 42.5 Å². The summed E-state index contributed by atoms with van der Waals surface area (Å²) >= 11 is 7.52. The Hall–Kier alpha value is -0.870. The van der Waals surface area contributed by atoms with Crippen LogP contribution in [-0.4, -0.2) is 17.8 Å². The van der Waals surface area contributed by atoms with E-state index in [1.165, 1.54) is 10.4 Å². The Kier molecular flexibility index (Phi) is 5.40. The number of rotatable bonds is 6. The van der Waals surface area contributed by atoms with Crippen molar-refractivity contribution >= 4 is 22.9 Å². The average Bonchev–Trinajstić information content (AvgIpc) is 2.86. The van der Waals surface area contributed by atoms with Gasteiger partial charge in [0.2, 0.25) is 0 Å². The lowest BCUT2D eigenvalue weighted by molar-refractivity contribution is 0.233. The maximum Gasteiger partial charge on any atom is 0.0931 e. The highest BCUT2D eigenvalue weighted by Crippen LogP contribution is 2.27. The van der Waals surface area contributed by atoms with Gasteiger partial charge in [-0.15, -0.1) is 11.3 Å². The van der Waals surface area contributed by atoms with Crippen LogP contribution in [0, 0.1) is 0 Å². The van der Waals surface area contributed by atoms with Gasteiger partial charge >= 0.3 is 0 Å². The first-order valence-corrected chi connectivity index (χ1v) is 7.54. The predicted molar refractivity (Wildman–Crippen MR) is 81.9 cm³/mol. The van der Waals surface area contributed by atoms with Crippen molar-refractivity contribution in [1.82, 2.24) is 5.32 Å². The minimum Gasteiger partial charge on any atom is -0.395 e. The molecule has 1 aromatic heterocycles. The summed E-state index contributed by atoms with van der Waals surface area (Å²) in [6, 6.07) is 14.4. The molecule has 1 aromatic carbocycles. The highest BCUT2D eigenvalue weighted by molar-refractivity contribution is 7.16. The van der Waals surface area contributed by atoms with Gasteiger partial charge in [-0.1, -0.05) is 41.9 Å². The maximum absolute atomic E-state index is 9.50. The minimum atomic E-state index is 0.0540. The van der Waals surface area contributed by atoms with Crippen molar-refractivity contribution in [3.05, 3.63) is 57.2 Å². The third-order valence-electron chi connectivity index (χ3n) is 3.05. The van der Waals surface area contributed by atoms with Gasteiger partial charge in [0.05, 0.1) is 10.9 Å². The molecule has 0 bridgehead atoms. The van der Waals surface area contributed by atoms with Crippen molar-refractivity contribution in [1.29, 1.82) is 0 Å². The highest BCUT2D eigenvalue weighted by Gasteiger charge is 2.14. The predicted octanol–water partition coefficient (Wildman–Crippen LogP) is 3.66. The zero-order valence-electron chi connectivity index (χ0n) is 10.8. The molecule has 1 heterocycles. The SMILES string of the molecule is CC(N[C@H](CO)Cc1ccccc1)c1ccc(Cl)s1. The van der Waals surface area contributed by atoms with Crippen LogP contribution in [0.5, 0.6) is 0 Å². The van der Waals surface area contributed by atoms with Crippen molar-refractivity contribution in [2.24, 2.45) is 0 Å². The molecule has 102 valence electrons. The Morgan fingerprint density at radius 3 is 2.53 bits per heavy atom. The molecule has 0 fully saturated rings.